The summed E-state index contributed by atoms with van der Waals surface area (Å²) < 4.78 is 5.18. The number of allylic oxidation sites excluding steroid dienone is 1. The molecule has 0 aromatic heterocycles. The van der Waals surface area contributed by atoms with Crippen LogP contribution in [0.5, 0.6) is 0 Å². The fraction of sp³-hybridized carbons (Fsp3) is 0.182. The van der Waals surface area contributed by atoms with Gasteiger partial charge in [-0.3, -0.25) is 0 Å². The normalized spacial score (nSPS) is 15.9. The molecule has 5 nitrogen and oxygen atoms in total. The molecule has 0 spiro atoms. The second-order valence-corrected chi connectivity index (χ2v) is 5.99. The van der Waals surface area contributed by atoms with E-state index in [-0.39, 0.29) is 12.6 Å². The van der Waals surface area contributed by atoms with Crippen LogP contribution >= 0.6 is 0 Å². The van der Waals surface area contributed by atoms with Gasteiger partial charge in [0.2, 0.25) is 0 Å². The van der Waals surface area contributed by atoms with Crippen molar-refractivity contribution in [2.24, 2.45) is 0 Å². The average Bonchev–Trinajstić information content (AvgIpc) is 2.67. The minimum Gasteiger partial charge on any atom is -0.463 e. The van der Waals surface area contributed by atoms with Crippen molar-refractivity contribution in [2.75, 3.05) is 6.61 Å². The van der Waals surface area contributed by atoms with Gasteiger partial charge in [-0.05, 0) is 37.6 Å². The molecule has 2 aromatic rings. The zero-order valence-electron chi connectivity index (χ0n) is 15.2. The second kappa shape index (κ2) is 8.24. The molecule has 0 saturated heterocycles. The Morgan fingerprint density at radius 1 is 1.07 bits per heavy atom. The molecule has 1 unspecified atom stereocenters. The highest BCUT2D eigenvalue weighted by molar-refractivity contribution is 5.95. The van der Waals surface area contributed by atoms with Crippen LogP contribution in [0.25, 0.3) is 0 Å². The molecule has 2 aromatic carbocycles. The molecule has 27 heavy (non-hydrogen) atoms. The maximum atomic E-state index is 12.5. The second-order valence-electron chi connectivity index (χ2n) is 5.99. The number of carbonyl (C=O) groups excluding carboxylic acids is 2. The summed E-state index contributed by atoms with van der Waals surface area (Å²) in [6, 6.07) is 16.1. The Balaban J connectivity index is 2.04. The number of nitrogens with one attached hydrogen (secondary N) is 2. The first kappa shape index (κ1) is 18.3. The number of esters is 1. The number of carbonyl (C=O) groups is 2. The number of amides is 2. The highest BCUT2D eigenvalue weighted by atomic mass is 16.5. The third kappa shape index (κ3) is 4.18. The van der Waals surface area contributed by atoms with Gasteiger partial charge < -0.3 is 15.4 Å². The van der Waals surface area contributed by atoms with Gasteiger partial charge >= 0.3 is 12.0 Å². The van der Waals surface area contributed by atoms with Gasteiger partial charge in [0.25, 0.3) is 0 Å². The lowest BCUT2D eigenvalue weighted by Gasteiger charge is -2.28. The van der Waals surface area contributed by atoms with Crippen LogP contribution in [0.3, 0.4) is 0 Å². The molecule has 3 rings (SSSR count). The van der Waals surface area contributed by atoms with Gasteiger partial charge in [-0.2, -0.15) is 0 Å². The minimum absolute atomic E-state index is 0.256. The molecule has 0 aliphatic carbocycles. The summed E-state index contributed by atoms with van der Waals surface area (Å²) in [7, 11) is 0. The maximum Gasteiger partial charge on any atom is 0.338 e. The van der Waals surface area contributed by atoms with E-state index in [9.17, 15) is 9.59 Å². The molecular formula is C22H20N2O3. The third-order valence-corrected chi connectivity index (χ3v) is 4.15. The Labute approximate surface area is 158 Å². The minimum atomic E-state index is -0.626. The summed E-state index contributed by atoms with van der Waals surface area (Å²) in [4.78, 5) is 24.5. The quantitative estimate of drug-likeness (QED) is 0.652. The summed E-state index contributed by atoms with van der Waals surface area (Å²) in [5.74, 6) is 5.81. The summed E-state index contributed by atoms with van der Waals surface area (Å²) in [6.45, 7) is 3.69. The first-order valence-electron chi connectivity index (χ1n) is 8.71. The lowest BCUT2D eigenvalue weighted by Crippen LogP contribution is -2.45. The molecule has 1 aliphatic rings. The smallest absolute Gasteiger partial charge is 0.338 e. The standard InChI is InChI=1S/C22H20N2O3/c1-3-27-21(25)19-15(2)23-22(26)24-20(19)18-12-8-7-11-17(18)14-13-16-9-5-4-6-10-16/h4-12,20H,3H2,1-2H3,(H2,23,24,26). The molecule has 5 heteroatoms. The van der Waals surface area contributed by atoms with E-state index in [0.717, 1.165) is 16.7 Å². The Bertz CT molecular complexity index is 952. The predicted octanol–water partition coefficient (Wildman–Crippen LogP) is 3.28. The highest BCUT2D eigenvalue weighted by Gasteiger charge is 2.33. The van der Waals surface area contributed by atoms with E-state index < -0.39 is 12.0 Å². The van der Waals surface area contributed by atoms with Crippen molar-refractivity contribution in [2.45, 2.75) is 19.9 Å². The summed E-state index contributed by atoms with van der Waals surface area (Å²) in [5, 5.41) is 5.45. The van der Waals surface area contributed by atoms with E-state index in [0.29, 0.717) is 11.3 Å². The van der Waals surface area contributed by atoms with Gasteiger partial charge in [-0.15, -0.1) is 0 Å². The summed E-state index contributed by atoms with van der Waals surface area (Å²) in [5.41, 5.74) is 3.23. The molecular weight excluding hydrogens is 340 g/mol. The molecule has 2 amide bonds. The first-order chi connectivity index (χ1) is 13.1. The number of ether oxygens (including phenoxy) is 1. The van der Waals surface area contributed by atoms with Crippen LogP contribution in [0.1, 0.15) is 36.6 Å². The molecule has 0 fully saturated rings. The predicted molar refractivity (Wildman–Crippen MR) is 103 cm³/mol. The van der Waals surface area contributed by atoms with E-state index >= 15 is 0 Å². The van der Waals surface area contributed by atoms with E-state index in [1.165, 1.54) is 0 Å². The van der Waals surface area contributed by atoms with Crippen molar-refractivity contribution in [3.8, 4) is 11.8 Å². The van der Waals surface area contributed by atoms with Crippen LogP contribution in [-0.4, -0.2) is 18.6 Å². The van der Waals surface area contributed by atoms with Crippen LogP contribution in [0, 0.1) is 11.8 Å². The van der Waals surface area contributed by atoms with Gasteiger partial charge in [0.15, 0.2) is 0 Å². The maximum absolute atomic E-state index is 12.5. The first-order valence-corrected chi connectivity index (χ1v) is 8.71. The van der Waals surface area contributed by atoms with Crippen molar-refractivity contribution in [1.82, 2.24) is 10.6 Å². The number of benzene rings is 2. The summed E-state index contributed by atoms with van der Waals surface area (Å²) in [6.07, 6.45) is 0. The number of urea groups is 1. The Morgan fingerprint density at radius 3 is 2.52 bits per heavy atom. The highest BCUT2D eigenvalue weighted by Crippen LogP contribution is 2.29. The number of rotatable bonds is 3. The molecule has 0 saturated carbocycles. The van der Waals surface area contributed by atoms with Gasteiger partial charge in [0, 0.05) is 16.8 Å². The van der Waals surface area contributed by atoms with Crippen molar-refractivity contribution in [1.29, 1.82) is 0 Å². The van der Waals surface area contributed by atoms with Crippen molar-refractivity contribution in [3.63, 3.8) is 0 Å². The number of hydrogen-bond acceptors (Lipinski definition) is 3. The summed E-state index contributed by atoms with van der Waals surface area (Å²) >= 11 is 0. The van der Waals surface area contributed by atoms with Crippen molar-refractivity contribution in [3.05, 3.63) is 82.6 Å². The van der Waals surface area contributed by atoms with Crippen LogP contribution in [-0.2, 0) is 9.53 Å². The largest absolute Gasteiger partial charge is 0.463 e. The van der Waals surface area contributed by atoms with E-state index in [1.807, 2.05) is 54.6 Å². The van der Waals surface area contributed by atoms with Gasteiger partial charge in [-0.1, -0.05) is 48.2 Å². The molecule has 2 N–H and O–H groups in total. The average molecular weight is 360 g/mol. The molecule has 0 bridgehead atoms. The van der Waals surface area contributed by atoms with Crippen LogP contribution in [0.4, 0.5) is 4.79 Å². The zero-order chi connectivity index (χ0) is 19.2. The fourth-order valence-corrected chi connectivity index (χ4v) is 2.93. The molecule has 1 atom stereocenters. The molecule has 0 radical (unpaired) electrons. The van der Waals surface area contributed by atoms with Crippen LogP contribution in [0.15, 0.2) is 65.9 Å². The van der Waals surface area contributed by atoms with E-state index in [1.54, 1.807) is 13.8 Å². The lowest BCUT2D eigenvalue weighted by atomic mass is 9.92. The lowest BCUT2D eigenvalue weighted by molar-refractivity contribution is -0.139. The Morgan fingerprint density at radius 2 is 1.78 bits per heavy atom. The third-order valence-electron chi connectivity index (χ3n) is 4.15. The van der Waals surface area contributed by atoms with Gasteiger partial charge in [0.05, 0.1) is 18.2 Å². The van der Waals surface area contributed by atoms with Crippen molar-refractivity contribution >= 4 is 12.0 Å². The van der Waals surface area contributed by atoms with Gasteiger partial charge in [0.1, 0.15) is 0 Å². The van der Waals surface area contributed by atoms with Gasteiger partial charge in [-0.25, -0.2) is 9.59 Å². The molecule has 1 heterocycles. The monoisotopic (exact) mass is 360 g/mol. The van der Waals surface area contributed by atoms with E-state index in [2.05, 4.69) is 22.5 Å². The molecule has 136 valence electrons. The van der Waals surface area contributed by atoms with Crippen molar-refractivity contribution < 1.29 is 14.3 Å². The zero-order valence-corrected chi connectivity index (χ0v) is 15.2. The number of hydrogen-bond donors (Lipinski definition) is 2. The van der Waals surface area contributed by atoms with E-state index in [4.69, 9.17) is 4.74 Å². The Kier molecular flexibility index (Phi) is 5.58. The van der Waals surface area contributed by atoms with Crippen LogP contribution in [0.2, 0.25) is 0 Å². The fourth-order valence-electron chi connectivity index (χ4n) is 2.93. The van der Waals surface area contributed by atoms with Crippen LogP contribution < -0.4 is 10.6 Å². The Hall–Kier alpha value is -3.52. The topological polar surface area (TPSA) is 67.4 Å². The SMILES string of the molecule is CCOC(=O)C1=C(C)NC(=O)NC1c1ccccc1C#Cc1ccccc1. The molecule has 1 aliphatic heterocycles.